The SMILES string of the molecule is Cc1cccn2c(=O)c(C(=O)N3CC(C)CC(C(=O)O)C3)cnc12. The summed E-state index contributed by atoms with van der Waals surface area (Å²) in [6, 6.07) is 3.57. The van der Waals surface area contributed by atoms with Gasteiger partial charge in [-0.3, -0.25) is 18.8 Å². The Bertz CT molecular complexity index is 874. The van der Waals surface area contributed by atoms with Crippen LogP contribution in [0.1, 0.15) is 29.3 Å². The van der Waals surface area contributed by atoms with Crippen LogP contribution in [0.15, 0.2) is 29.3 Å². The summed E-state index contributed by atoms with van der Waals surface area (Å²) < 4.78 is 1.35. The molecule has 1 fully saturated rings. The molecule has 2 atom stereocenters. The molecule has 1 saturated heterocycles. The molecule has 1 amide bonds. The summed E-state index contributed by atoms with van der Waals surface area (Å²) in [7, 11) is 0. The minimum atomic E-state index is -0.914. The number of fused-ring (bicyclic) bond motifs is 1. The fourth-order valence-corrected chi connectivity index (χ4v) is 3.26. The minimum Gasteiger partial charge on any atom is -0.481 e. The highest BCUT2D eigenvalue weighted by Crippen LogP contribution is 2.22. The number of aryl methyl sites for hydroxylation is 1. The van der Waals surface area contributed by atoms with Crippen molar-refractivity contribution in [2.24, 2.45) is 11.8 Å². The number of carbonyl (C=O) groups excluding carboxylic acids is 1. The van der Waals surface area contributed by atoms with Crippen molar-refractivity contribution in [3.8, 4) is 0 Å². The third-order valence-electron chi connectivity index (χ3n) is 4.45. The third kappa shape index (κ3) is 2.77. The van der Waals surface area contributed by atoms with Crippen LogP contribution in [0.5, 0.6) is 0 Å². The second-order valence-electron chi connectivity index (χ2n) is 6.45. The Morgan fingerprint density at radius 2 is 2.08 bits per heavy atom. The van der Waals surface area contributed by atoms with Gasteiger partial charge in [0.1, 0.15) is 11.2 Å². The van der Waals surface area contributed by atoms with Gasteiger partial charge in [0.05, 0.1) is 5.92 Å². The molecule has 0 aromatic carbocycles. The van der Waals surface area contributed by atoms with Crippen LogP contribution < -0.4 is 5.56 Å². The predicted molar refractivity (Wildman–Crippen MR) is 87.0 cm³/mol. The molecule has 24 heavy (non-hydrogen) atoms. The fraction of sp³-hybridized carbons (Fsp3) is 0.412. The first-order valence-corrected chi connectivity index (χ1v) is 7.87. The number of piperidine rings is 1. The van der Waals surface area contributed by atoms with E-state index in [1.54, 1.807) is 12.3 Å². The molecule has 0 bridgehead atoms. The van der Waals surface area contributed by atoms with Crippen molar-refractivity contribution in [2.75, 3.05) is 13.1 Å². The van der Waals surface area contributed by atoms with Gasteiger partial charge in [0.25, 0.3) is 11.5 Å². The number of carboxylic acid groups (broad SMARTS) is 1. The number of likely N-dealkylation sites (tertiary alicyclic amines) is 1. The molecule has 0 spiro atoms. The van der Waals surface area contributed by atoms with Crippen molar-refractivity contribution in [3.05, 3.63) is 46.0 Å². The lowest BCUT2D eigenvalue weighted by Crippen LogP contribution is -2.47. The zero-order valence-electron chi connectivity index (χ0n) is 13.6. The number of pyridine rings is 1. The number of amides is 1. The van der Waals surface area contributed by atoms with Gasteiger partial charge >= 0.3 is 5.97 Å². The first-order chi connectivity index (χ1) is 11.4. The summed E-state index contributed by atoms with van der Waals surface area (Å²) >= 11 is 0. The van der Waals surface area contributed by atoms with Crippen LogP contribution >= 0.6 is 0 Å². The van der Waals surface area contributed by atoms with E-state index in [-0.39, 0.29) is 18.0 Å². The largest absolute Gasteiger partial charge is 0.481 e. The summed E-state index contributed by atoms with van der Waals surface area (Å²) in [5.74, 6) is -1.90. The maximum atomic E-state index is 12.7. The molecule has 0 saturated carbocycles. The number of hydrogen-bond acceptors (Lipinski definition) is 4. The maximum absolute atomic E-state index is 12.7. The number of aromatic nitrogens is 2. The Morgan fingerprint density at radius 1 is 1.33 bits per heavy atom. The molecule has 126 valence electrons. The van der Waals surface area contributed by atoms with Crippen LogP contribution in [0.25, 0.3) is 5.65 Å². The second-order valence-corrected chi connectivity index (χ2v) is 6.45. The second kappa shape index (κ2) is 6.07. The molecule has 0 radical (unpaired) electrons. The van der Waals surface area contributed by atoms with Gasteiger partial charge in [-0.1, -0.05) is 13.0 Å². The van der Waals surface area contributed by atoms with E-state index in [1.165, 1.54) is 15.5 Å². The third-order valence-corrected chi connectivity index (χ3v) is 4.45. The Morgan fingerprint density at radius 3 is 2.79 bits per heavy atom. The minimum absolute atomic E-state index is 0.0312. The number of carboxylic acids is 1. The molecule has 7 heteroatoms. The van der Waals surface area contributed by atoms with Crippen molar-refractivity contribution in [3.63, 3.8) is 0 Å². The number of aliphatic carboxylic acids is 1. The van der Waals surface area contributed by atoms with Crippen LogP contribution in [0.4, 0.5) is 0 Å². The monoisotopic (exact) mass is 329 g/mol. The molecular weight excluding hydrogens is 310 g/mol. The van der Waals surface area contributed by atoms with Crippen LogP contribution in [-0.4, -0.2) is 44.4 Å². The Hall–Kier alpha value is -2.70. The zero-order chi connectivity index (χ0) is 17.4. The first kappa shape index (κ1) is 16.2. The number of rotatable bonds is 2. The fourth-order valence-electron chi connectivity index (χ4n) is 3.26. The van der Waals surface area contributed by atoms with Gasteiger partial charge in [-0.25, -0.2) is 4.98 Å². The molecule has 0 aliphatic carbocycles. The molecule has 2 aromatic rings. The van der Waals surface area contributed by atoms with E-state index in [0.29, 0.717) is 18.6 Å². The lowest BCUT2D eigenvalue weighted by molar-refractivity contribution is -0.143. The summed E-state index contributed by atoms with van der Waals surface area (Å²) in [5.41, 5.74) is 0.885. The Kier molecular flexibility index (Phi) is 4.09. The summed E-state index contributed by atoms with van der Waals surface area (Å²) in [5, 5.41) is 9.24. The highest BCUT2D eigenvalue weighted by atomic mass is 16.4. The van der Waals surface area contributed by atoms with E-state index in [1.807, 2.05) is 19.9 Å². The van der Waals surface area contributed by atoms with Crippen molar-refractivity contribution in [1.82, 2.24) is 14.3 Å². The van der Waals surface area contributed by atoms with E-state index < -0.39 is 23.4 Å². The average Bonchev–Trinajstić information content (AvgIpc) is 2.55. The van der Waals surface area contributed by atoms with Crippen molar-refractivity contribution in [1.29, 1.82) is 0 Å². The van der Waals surface area contributed by atoms with E-state index in [2.05, 4.69) is 4.98 Å². The van der Waals surface area contributed by atoms with Gasteiger partial charge in [-0.15, -0.1) is 0 Å². The normalized spacial score (nSPS) is 21.0. The molecule has 3 heterocycles. The standard InChI is InChI=1S/C17H19N3O4/c1-10-6-12(17(23)24)9-19(8-10)15(21)13-7-18-14-11(2)4-3-5-20(14)16(13)22/h3-5,7,10,12H,6,8-9H2,1-2H3,(H,23,24). The quantitative estimate of drug-likeness (QED) is 0.893. The average molecular weight is 329 g/mol. The van der Waals surface area contributed by atoms with Crippen LogP contribution in [0.2, 0.25) is 0 Å². The first-order valence-electron chi connectivity index (χ1n) is 7.87. The molecule has 1 N–H and O–H groups in total. The Balaban J connectivity index is 1.98. The van der Waals surface area contributed by atoms with Crippen LogP contribution in [0, 0.1) is 18.8 Å². The van der Waals surface area contributed by atoms with Gasteiger partial charge in [-0.2, -0.15) is 0 Å². The van der Waals surface area contributed by atoms with Gasteiger partial charge < -0.3 is 10.0 Å². The molecule has 1 aliphatic heterocycles. The van der Waals surface area contributed by atoms with E-state index in [9.17, 15) is 19.5 Å². The number of carbonyl (C=O) groups is 2. The van der Waals surface area contributed by atoms with E-state index in [4.69, 9.17) is 0 Å². The highest BCUT2D eigenvalue weighted by molar-refractivity contribution is 5.94. The predicted octanol–water partition coefficient (Wildman–Crippen LogP) is 1.19. The van der Waals surface area contributed by atoms with Crippen molar-refractivity contribution < 1.29 is 14.7 Å². The van der Waals surface area contributed by atoms with Gasteiger partial charge in [0, 0.05) is 25.5 Å². The molecule has 7 nitrogen and oxygen atoms in total. The summed E-state index contributed by atoms with van der Waals surface area (Å²) in [6.45, 7) is 4.31. The smallest absolute Gasteiger partial charge is 0.308 e. The van der Waals surface area contributed by atoms with Crippen molar-refractivity contribution in [2.45, 2.75) is 20.3 Å². The van der Waals surface area contributed by atoms with E-state index >= 15 is 0 Å². The maximum Gasteiger partial charge on any atom is 0.308 e. The van der Waals surface area contributed by atoms with Gasteiger partial charge in [-0.05, 0) is 30.9 Å². The van der Waals surface area contributed by atoms with Gasteiger partial charge in [0.2, 0.25) is 0 Å². The molecule has 2 aromatic heterocycles. The molecular formula is C17H19N3O4. The molecule has 1 aliphatic rings. The Labute approximate surface area is 138 Å². The lowest BCUT2D eigenvalue weighted by atomic mass is 9.90. The summed E-state index contributed by atoms with van der Waals surface area (Å²) in [6.07, 6.45) is 3.41. The summed E-state index contributed by atoms with van der Waals surface area (Å²) in [4.78, 5) is 42.3. The highest BCUT2D eigenvalue weighted by Gasteiger charge is 2.33. The van der Waals surface area contributed by atoms with E-state index in [0.717, 1.165) is 5.56 Å². The molecule has 2 unspecified atom stereocenters. The lowest BCUT2D eigenvalue weighted by Gasteiger charge is -2.34. The zero-order valence-corrected chi connectivity index (χ0v) is 13.6. The topological polar surface area (TPSA) is 92.0 Å². The number of hydrogen-bond donors (Lipinski definition) is 1. The van der Waals surface area contributed by atoms with Crippen LogP contribution in [-0.2, 0) is 4.79 Å². The number of nitrogens with zero attached hydrogens (tertiary/aromatic N) is 3. The van der Waals surface area contributed by atoms with Gasteiger partial charge in [0.15, 0.2) is 0 Å². The molecule has 3 rings (SSSR count). The van der Waals surface area contributed by atoms with Crippen molar-refractivity contribution >= 4 is 17.5 Å². The van der Waals surface area contributed by atoms with Crippen LogP contribution in [0.3, 0.4) is 0 Å².